The number of nitrogens with zero attached hydrogens (tertiary/aromatic N) is 1. The Labute approximate surface area is 194 Å². The Kier molecular flexibility index (Phi) is 6.36. The highest BCUT2D eigenvalue weighted by Crippen LogP contribution is 2.49. The number of piperidine rings is 1. The minimum absolute atomic E-state index is 0. The minimum Gasteiger partial charge on any atom is -1.00 e. The number of esters is 1. The number of likely N-dealkylation sites (tertiary alicyclic amines) is 1. The van der Waals surface area contributed by atoms with Crippen LogP contribution in [0.5, 0.6) is 11.5 Å². The number of halogens is 1. The average Bonchev–Trinajstić information content (AvgIpc) is 3.04. The van der Waals surface area contributed by atoms with E-state index in [1.807, 2.05) is 48.5 Å². The van der Waals surface area contributed by atoms with Crippen molar-refractivity contribution in [2.75, 3.05) is 41.4 Å². The van der Waals surface area contributed by atoms with Gasteiger partial charge in [-0.15, -0.1) is 0 Å². The van der Waals surface area contributed by atoms with E-state index in [0.29, 0.717) is 12.8 Å². The molecule has 7 heteroatoms. The zero-order chi connectivity index (χ0) is 20.7. The largest absolute Gasteiger partial charge is 1.00 e. The first-order valence-corrected chi connectivity index (χ1v) is 9.87. The normalized spacial score (nSPS) is 20.9. The summed E-state index contributed by atoms with van der Waals surface area (Å²) < 4.78 is 24.1. The molecule has 2 fully saturated rings. The summed E-state index contributed by atoms with van der Waals surface area (Å²) in [6.07, 6.45) is 1.33. The Balaban J connectivity index is 0.00000256. The van der Waals surface area contributed by atoms with E-state index in [9.17, 15) is 4.79 Å². The van der Waals surface area contributed by atoms with Gasteiger partial charge in [0.15, 0.2) is 0 Å². The summed E-state index contributed by atoms with van der Waals surface area (Å²) >= 11 is 0. The van der Waals surface area contributed by atoms with Crippen molar-refractivity contribution in [1.29, 1.82) is 0 Å². The monoisotopic (exact) mass is 525 g/mol. The number of rotatable bonds is 4. The number of methoxy groups -OCH3 is 2. The van der Waals surface area contributed by atoms with Crippen molar-refractivity contribution < 1.29 is 52.2 Å². The predicted molar refractivity (Wildman–Crippen MR) is 108 cm³/mol. The van der Waals surface area contributed by atoms with Crippen LogP contribution in [0.1, 0.15) is 24.0 Å². The highest BCUT2D eigenvalue weighted by Gasteiger charge is 2.61. The maximum absolute atomic E-state index is 13.4. The highest BCUT2D eigenvalue weighted by molar-refractivity contribution is 5.87. The zero-order valence-electron chi connectivity index (χ0n) is 17.8. The van der Waals surface area contributed by atoms with E-state index in [-0.39, 0.29) is 29.9 Å². The fraction of sp³-hybridized carbons (Fsp3) is 0.435. The van der Waals surface area contributed by atoms with Gasteiger partial charge < -0.3 is 47.4 Å². The van der Waals surface area contributed by atoms with Gasteiger partial charge in [-0.1, -0.05) is 24.3 Å². The van der Waals surface area contributed by atoms with Gasteiger partial charge in [-0.3, -0.25) is 0 Å². The zero-order valence-corrected chi connectivity index (χ0v) is 20.0. The smallest absolute Gasteiger partial charge is 0.350 e. The van der Waals surface area contributed by atoms with Gasteiger partial charge in [0, 0.05) is 11.1 Å². The Bertz CT molecular complexity index is 837. The molecule has 2 saturated heterocycles. The molecule has 4 rings (SSSR count). The SMILES string of the molecule is COc1ccc(C2(c3ccc(OC)cc3)OC3(CC[N+](C)(C)CC3)OC2=O)cc1.[I-]. The van der Waals surface area contributed by atoms with Crippen molar-refractivity contribution in [3.63, 3.8) is 0 Å². The second kappa shape index (κ2) is 8.36. The lowest BCUT2D eigenvalue weighted by Crippen LogP contribution is -3.00. The van der Waals surface area contributed by atoms with Crippen molar-refractivity contribution in [2.45, 2.75) is 24.2 Å². The number of hydrogen-bond acceptors (Lipinski definition) is 5. The van der Waals surface area contributed by atoms with Gasteiger partial charge in [-0.25, -0.2) is 4.79 Å². The fourth-order valence-corrected chi connectivity index (χ4v) is 4.14. The lowest BCUT2D eigenvalue weighted by atomic mass is 9.86. The van der Waals surface area contributed by atoms with Gasteiger partial charge in [0.1, 0.15) is 11.5 Å². The van der Waals surface area contributed by atoms with Crippen molar-refractivity contribution in [3.8, 4) is 11.5 Å². The van der Waals surface area contributed by atoms with E-state index in [4.69, 9.17) is 18.9 Å². The summed E-state index contributed by atoms with van der Waals surface area (Å²) in [6.45, 7) is 1.77. The first-order chi connectivity index (χ1) is 13.8. The Morgan fingerprint density at radius 2 is 1.27 bits per heavy atom. The van der Waals surface area contributed by atoms with Crippen molar-refractivity contribution in [2.24, 2.45) is 0 Å². The molecule has 0 atom stereocenters. The molecule has 0 bridgehead atoms. The molecule has 0 saturated carbocycles. The van der Waals surface area contributed by atoms with E-state index in [0.717, 1.165) is 40.2 Å². The van der Waals surface area contributed by atoms with Crippen LogP contribution < -0.4 is 33.5 Å². The van der Waals surface area contributed by atoms with E-state index in [1.54, 1.807) is 14.2 Å². The lowest BCUT2D eigenvalue weighted by Gasteiger charge is -2.41. The first-order valence-electron chi connectivity index (χ1n) is 9.87. The van der Waals surface area contributed by atoms with Gasteiger partial charge in [-0.2, -0.15) is 0 Å². The topological polar surface area (TPSA) is 54.0 Å². The molecule has 0 unspecified atom stereocenters. The van der Waals surface area contributed by atoms with E-state index in [1.165, 1.54) is 0 Å². The van der Waals surface area contributed by atoms with Crippen LogP contribution in [0.2, 0.25) is 0 Å². The van der Waals surface area contributed by atoms with E-state index in [2.05, 4.69) is 14.1 Å². The second-order valence-corrected chi connectivity index (χ2v) is 8.42. The Hall–Kier alpha value is -1.84. The van der Waals surface area contributed by atoms with Gasteiger partial charge in [-0.05, 0) is 24.3 Å². The fourth-order valence-electron chi connectivity index (χ4n) is 4.14. The van der Waals surface area contributed by atoms with Crippen LogP contribution in [0.15, 0.2) is 48.5 Å². The third-order valence-electron chi connectivity index (χ3n) is 6.09. The predicted octanol–water partition coefficient (Wildman–Crippen LogP) is 0.0913. The molecule has 2 aliphatic rings. The van der Waals surface area contributed by atoms with Crippen molar-refractivity contribution in [1.82, 2.24) is 0 Å². The summed E-state index contributed by atoms with van der Waals surface area (Å²) in [5, 5.41) is 0. The second-order valence-electron chi connectivity index (χ2n) is 8.42. The van der Waals surface area contributed by atoms with E-state index >= 15 is 0 Å². The average molecular weight is 525 g/mol. The lowest BCUT2D eigenvalue weighted by molar-refractivity contribution is -0.898. The van der Waals surface area contributed by atoms with Crippen LogP contribution in [0.3, 0.4) is 0 Å². The van der Waals surface area contributed by atoms with Crippen LogP contribution in [0.4, 0.5) is 0 Å². The summed E-state index contributed by atoms with van der Waals surface area (Å²) in [4.78, 5) is 13.4. The standard InChI is InChI=1S/C23H28NO5.HI/c1-24(2)15-13-22(14-16-24)28-21(25)23(29-22,17-5-9-19(26-3)10-6-17)18-7-11-20(27-4)12-8-18;/h5-12H,13-16H2,1-4H3;1H/q+1;/p-1. The third kappa shape index (κ3) is 3.90. The molecule has 2 aromatic rings. The first kappa shape index (κ1) is 22.8. The van der Waals surface area contributed by atoms with Crippen LogP contribution in [-0.4, -0.2) is 57.6 Å². The number of benzene rings is 2. The van der Waals surface area contributed by atoms with Crippen LogP contribution in [-0.2, 0) is 19.9 Å². The summed E-state index contributed by atoms with van der Waals surface area (Å²) in [5.41, 5.74) is 0.141. The summed E-state index contributed by atoms with van der Waals surface area (Å²) in [7, 11) is 7.60. The molecule has 0 N–H and O–H groups in total. The molecule has 0 radical (unpaired) electrons. The van der Waals surface area contributed by atoms with Crippen LogP contribution in [0.25, 0.3) is 0 Å². The molecule has 2 aliphatic heterocycles. The van der Waals surface area contributed by atoms with Gasteiger partial charge in [0.2, 0.25) is 11.4 Å². The Morgan fingerprint density at radius 3 is 1.67 bits per heavy atom. The molecule has 0 aliphatic carbocycles. The van der Waals surface area contributed by atoms with Crippen molar-refractivity contribution >= 4 is 5.97 Å². The minimum atomic E-state index is -1.31. The molecule has 162 valence electrons. The maximum Gasteiger partial charge on any atom is 0.350 e. The quantitative estimate of drug-likeness (QED) is 0.322. The number of ether oxygens (including phenoxy) is 4. The number of carbonyl (C=O) groups excluding carboxylic acids is 1. The number of quaternary nitrogens is 1. The molecule has 30 heavy (non-hydrogen) atoms. The highest BCUT2D eigenvalue weighted by atomic mass is 127. The summed E-state index contributed by atoms with van der Waals surface area (Å²) in [5.74, 6) is 0.165. The molecular weight excluding hydrogens is 497 g/mol. The van der Waals surface area contributed by atoms with Gasteiger partial charge in [0.25, 0.3) is 0 Å². The van der Waals surface area contributed by atoms with Crippen LogP contribution in [0, 0.1) is 0 Å². The molecule has 1 spiro atoms. The molecule has 6 nitrogen and oxygen atoms in total. The number of hydrogen-bond donors (Lipinski definition) is 0. The maximum atomic E-state index is 13.4. The molecule has 0 aromatic heterocycles. The van der Waals surface area contributed by atoms with Gasteiger partial charge in [0.05, 0.1) is 54.2 Å². The van der Waals surface area contributed by atoms with E-state index < -0.39 is 11.4 Å². The summed E-state index contributed by atoms with van der Waals surface area (Å²) in [6, 6.07) is 14.8. The molecule has 2 aromatic carbocycles. The molecular formula is C23H28INO5. The number of carbonyl (C=O) groups is 1. The molecule has 0 amide bonds. The Morgan fingerprint density at radius 1 is 0.833 bits per heavy atom. The molecule has 2 heterocycles. The third-order valence-corrected chi connectivity index (χ3v) is 6.09. The van der Waals surface area contributed by atoms with Crippen molar-refractivity contribution in [3.05, 3.63) is 59.7 Å². The van der Waals surface area contributed by atoms with Crippen LogP contribution >= 0.6 is 0 Å². The van der Waals surface area contributed by atoms with Gasteiger partial charge >= 0.3 is 5.97 Å².